The van der Waals surface area contributed by atoms with Gasteiger partial charge in [-0.2, -0.15) is 0 Å². The normalized spacial score (nSPS) is 10.5. The van der Waals surface area contributed by atoms with Crippen molar-refractivity contribution < 1.29 is 15.0 Å². The van der Waals surface area contributed by atoms with Crippen molar-refractivity contribution in [3.05, 3.63) is 65.9 Å². The maximum absolute atomic E-state index is 12.1. The van der Waals surface area contributed by atoms with Gasteiger partial charge in [0.05, 0.1) is 0 Å². The van der Waals surface area contributed by atoms with E-state index in [9.17, 15) is 15.0 Å². The number of pyridine rings is 1. The van der Waals surface area contributed by atoms with Crippen LogP contribution in [0.15, 0.2) is 54.6 Å². The number of aromatic hydroxyl groups is 2. The molecule has 1 aromatic heterocycles. The van der Waals surface area contributed by atoms with E-state index in [1.54, 1.807) is 42.5 Å². The van der Waals surface area contributed by atoms with Gasteiger partial charge in [-0.25, -0.2) is 4.98 Å². The largest absolute Gasteiger partial charge is 0.508 e. The Morgan fingerprint density at radius 2 is 1.86 bits per heavy atom. The zero-order valence-electron chi connectivity index (χ0n) is 11.7. The molecule has 5 nitrogen and oxygen atoms in total. The molecule has 0 bridgehead atoms. The van der Waals surface area contributed by atoms with Crippen LogP contribution in [0.25, 0.3) is 10.9 Å². The van der Waals surface area contributed by atoms with Crippen molar-refractivity contribution in [1.29, 1.82) is 0 Å². The Morgan fingerprint density at radius 3 is 2.68 bits per heavy atom. The molecule has 0 atom stereocenters. The summed E-state index contributed by atoms with van der Waals surface area (Å²) in [5, 5.41) is 22.7. The number of carbonyl (C=O) groups is 1. The number of benzene rings is 2. The quantitative estimate of drug-likeness (QED) is 0.693. The molecule has 5 heteroatoms. The number of carbonyl (C=O) groups excluding carboxylic acids is 1. The molecule has 0 radical (unpaired) electrons. The number of hydrogen-bond acceptors (Lipinski definition) is 4. The van der Waals surface area contributed by atoms with E-state index in [1.165, 1.54) is 6.07 Å². The van der Waals surface area contributed by atoms with Crippen LogP contribution in [0.1, 0.15) is 16.1 Å². The first-order valence-corrected chi connectivity index (χ1v) is 6.78. The number of phenolic OH excluding ortho intramolecular Hbond substituents is 2. The number of nitrogens with one attached hydrogen (secondary N) is 1. The van der Waals surface area contributed by atoms with E-state index in [0.29, 0.717) is 5.52 Å². The summed E-state index contributed by atoms with van der Waals surface area (Å²) in [7, 11) is 0. The first-order chi connectivity index (χ1) is 10.6. The first-order valence-electron chi connectivity index (χ1n) is 6.78. The molecule has 1 amide bonds. The second-order valence-corrected chi connectivity index (χ2v) is 4.90. The van der Waals surface area contributed by atoms with Crippen molar-refractivity contribution in [2.45, 2.75) is 6.54 Å². The van der Waals surface area contributed by atoms with E-state index in [2.05, 4.69) is 10.3 Å². The molecule has 22 heavy (non-hydrogen) atoms. The second kappa shape index (κ2) is 5.73. The molecule has 3 N–H and O–H groups in total. The monoisotopic (exact) mass is 294 g/mol. The van der Waals surface area contributed by atoms with Gasteiger partial charge in [-0.1, -0.05) is 30.3 Å². The maximum atomic E-state index is 12.1. The number of rotatable bonds is 3. The Balaban J connectivity index is 1.79. The van der Waals surface area contributed by atoms with Crippen LogP contribution in [0, 0.1) is 0 Å². The number of fused-ring (bicyclic) bond motifs is 1. The van der Waals surface area contributed by atoms with Gasteiger partial charge in [0.2, 0.25) is 0 Å². The van der Waals surface area contributed by atoms with Crippen molar-refractivity contribution in [2.24, 2.45) is 0 Å². The van der Waals surface area contributed by atoms with Crippen molar-refractivity contribution in [3.8, 4) is 11.5 Å². The summed E-state index contributed by atoms with van der Waals surface area (Å²) in [6.45, 7) is 0.285. The van der Waals surface area contributed by atoms with E-state index >= 15 is 0 Å². The minimum atomic E-state index is -0.339. The minimum absolute atomic E-state index is 0.0418. The molecule has 0 aliphatic heterocycles. The number of hydrogen-bond donors (Lipinski definition) is 3. The van der Waals surface area contributed by atoms with Gasteiger partial charge in [0.15, 0.2) is 0 Å². The summed E-state index contributed by atoms with van der Waals surface area (Å²) in [5.74, 6) is -0.144. The van der Waals surface area contributed by atoms with Gasteiger partial charge in [0.25, 0.3) is 5.91 Å². The van der Waals surface area contributed by atoms with Crippen molar-refractivity contribution in [3.63, 3.8) is 0 Å². The highest BCUT2D eigenvalue weighted by atomic mass is 16.3. The summed E-state index contributed by atoms with van der Waals surface area (Å²) in [4.78, 5) is 16.3. The molecular weight excluding hydrogens is 280 g/mol. The fraction of sp³-hybridized carbons (Fsp3) is 0.0588. The Morgan fingerprint density at radius 1 is 1.05 bits per heavy atom. The molecule has 0 unspecified atom stereocenters. The Labute approximate surface area is 126 Å². The number of nitrogens with zero attached hydrogens (tertiary/aromatic N) is 1. The predicted molar refractivity (Wildman–Crippen MR) is 82.7 cm³/mol. The molecule has 0 aliphatic rings. The third kappa shape index (κ3) is 2.83. The molecule has 0 saturated heterocycles. The lowest BCUT2D eigenvalue weighted by atomic mass is 10.2. The summed E-state index contributed by atoms with van der Waals surface area (Å²) >= 11 is 0. The van der Waals surface area contributed by atoms with Crippen molar-refractivity contribution >= 4 is 16.8 Å². The van der Waals surface area contributed by atoms with Gasteiger partial charge >= 0.3 is 0 Å². The van der Waals surface area contributed by atoms with E-state index < -0.39 is 0 Å². The Kier molecular flexibility index (Phi) is 3.62. The molecule has 0 aliphatic carbocycles. The zero-order valence-corrected chi connectivity index (χ0v) is 11.7. The lowest BCUT2D eigenvalue weighted by molar-refractivity contribution is 0.0946. The lowest BCUT2D eigenvalue weighted by Crippen LogP contribution is -2.23. The minimum Gasteiger partial charge on any atom is -0.508 e. The lowest BCUT2D eigenvalue weighted by Gasteiger charge is -2.07. The van der Waals surface area contributed by atoms with Gasteiger partial charge in [0.1, 0.15) is 22.7 Å². The highest BCUT2D eigenvalue weighted by Gasteiger charge is 2.09. The topological polar surface area (TPSA) is 82.5 Å². The van der Waals surface area contributed by atoms with Crippen LogP contribution in [-0.4, -0.2) is 21.1 Å². The van der Waals surface area contributed by atoms with E-state index in [4.69, 9.17) is 0 Å². The smallest absolute Gasteiger partial charge is 0.270 e. The number of phenols is 2. The summed E-state index contributed by atoms with van der Waals surface area (Å²) in [6, 6.07) is 15.1. The van der Waals surface area contributed by atoms with Crippen LogP contribution in [0.5, 0.6) is 11.5 Å². The average Bonchev–Trinajstić information content (AvgIpc) is 2.53. The molecule has 110 valence electrons. The van der Waals surface area contributed by atoms with Crippen LogP contribution in [0.2, 0.25) is 0 Å². The van der Waals surface area contributed by atoms with Crippen LogP contribution in [-0.2, 0) is 6.54 Å². The fourth-order valence-corrected chi connectivity index (χ4v) is 2.20. The molecule has 3 aromatic rings. The number of para-hydroxylation sites is 1. The van der Waals surface area contributed by atoms with Crippen LogP contribution >= 0.6 is 0 Å². The molecule has 0 spiro atoms. The standard InChI is InChI=1S/C17H14N2O3/c20-13-5-1-3-11(9-13)10-18-17(22)14-8-7-12-4-2-6-15(21)16(12)19-14/h1-9,20-21H,10H2,(H,18,22). The Hall–Kier alpha value is -3.08. The number of amides is 1. The highest BCUT2D eigenvalue weighted by molar-refractivity contribution is 5.95. The second-order valence-electron chi connectivity index (χ2n) is 4.90. The van der Waals surface area contributed by atoms with Gasteiger partial charge < -0.3 is 15.5 Å². The molecule has 0 fully saturated rings. The fourth-order valence-electron chi connectivity index (χ4n) is 2.20. The van der Waals surface area contributed by atoms with Crippen LogP contribution in [0.4, 0.5) is 0 Å². The molecular formula is C17H14N2O3. The Bertz CT molecular complexity index is 846. The third-order valence-electron chi connectivity index (χ3n) is 3.30. The average molecular weight is 294 g/mol. The molecule has 2 aromatic carbocycles. The van der Waals surface area contributed by atoms with Gasteiger partial charge in [-0.3, -0.25) is 4.79 Å². The molecule has 0 saturated carbocycles. The maximum Gasteiger partial charge on any atom is 0.270 e. The predicted octanol–water partition coefficient (Wildman–Crippen LogP) is 2.58. The van der Waals surface area contributed by atoms with E-state index in [-0.39, 0.29) is 29.6 Å². The highest BCUT2D eigenvalue weighted by Crippen LogP contribution is 2.22. The summed E-state index contributed by atoms with van der Waals surface area (Å²) in [6.07, 6.45) is 0. The molecule has 1 heterocycles. The van der Waals surface area contributed by atoms with E-state index in [1.807, 2.05) is 6.07 Å². The zero-order chi connectivity index (χ0) is 15.5. The number of aromatic nitrogens is 1. The summed E-state index contributed by atoms with van der Waals surface area (Å²) in [5.41, 5.74) is 1.42. The van der Waals surface area contributed by atoms with E-state index in [0.717, 1.165) is 10.9 Å². The SMILES string of the molecule is O=C(NCc1cccc(O)c1)c1ccc2cccc(O)c2n1. The van der Waals surface area contributed by atoms with Crippen molar-refractivity contribution in [2.75, 3.05) is 0 Å². The van der Waals surface area contributed by atoms with Gasteiger partial charge in [-0.05, 0) is 29.8 Å². The summed E-state index contributed by atoms with van der Waals surface area (Å²) < 4.78 is 0. The van der Waals surface area contributed by atoms with Gasteiger partial charge in [0, 0.05) is 11.9 Å². The van der Waals surface area contributed by atoms with Crippen LogP contribution in [0.3, 0.4) is 0 Å². The van der Waals surface area contributed by atoms with Gasteiger partial charge in [-0.15, -0.1) is 0 Å². The van der Waals surface area contributed by atoms with Crippen LogP contribution < -0.4 is 5.32 Å². The molecule has 3 rings (SSSR count). The first kappa shape index (κ1) is 13.9. The third-order valence-corrected chi connectivity index (χ3v) is 3.30. The van der Waals surface area contributed by atoms with Crippen molar-refractivity contribution in [1.82, 2.24) is 10.3 Å².